The molecule has 1 aromatic heterocycles. The monoisotopic (exact) mass is 395 g/mol. The number of hydrogen-bond donors (Lipinski definition) is 1. The van der Waals surface area contributed by atoms with Crippen molar-refractivity contribution in [3.8, 4) is 5.75 Å². The molecular formula is C22H22ClN3O2. The van der Waals surface area contributed by atoms with E-state index in [1.807, 2.05) is 59.3 Å². The van der Waals surface area contributed by atoms with Gasteiger partial charge in [-0.05, 0) is 60.7 Å². The number of benzene rings is 2. The van der Waals surface area contributed by atoms with Crippen molar-refractivity contribution in [2.45, 2.75) is 31.3 Å². The molecule has 28 heavy (non-hydrogen) atoms. The summed E-state index contributed by atoms with van der Waals surface area (Å²) in [6.07, 6.45) is 4.48. The van der Waals surface area contributed by atoms with Gasteiger partial charge in [-0.3, -0.25) is 9.48 Å². The van der Waals surface area contributed by atoms with Crippen molar-refractivity contribution in [3.63, 3.8) is 0 Å². The molecule has 2 unspecified atom stereocenters. The average Bonchev–Trinajstić information content (AvgIpc) is 3.21. The van der Waals surface area contributed by atoms with E-state index in [-0.39, 0.29) is 18.0 Å². The number of carbonyl (C=O) groups is 1. The Morgan fingerprint density at radius 3 is 2.79 bits per heavy atom. The van der Waals surface area contributed by atoms with Crippen LogP contribution in [-0.2, 0) is 11.2 Å². The Morgan fingerprint density at radius 2 is 2.04 bits per heavy atom. The highest BCUT2D eigenvalue weighted by atomic mass is 35.5. The zero-order valence-electron chi connectivity index (χ0n) is 15.6. The van der Waals surface area contributed by atoms with Gasteiger partial charge in [0.25, 0.3) is 0 Å². The number of aromatic nitrogens is 2. The molecule has 5 nitrogen and oxygen atoms in total. The van der Waals surface area contributed by atoms with E-state index in [9.17, 15) is 4.79 Å². The van der Waals surface area contributed by atoms with Gasteiger partial charge in [0.1, 0.15) is 11.8 Å². The van der Waals surface area contributed by atoms with Crippen LogP contribution in [0.1, 0.15) is 41.7 Å². The fraction of sp³-hybridized carbons (Fsp3) is 0.273. The van der Waals surface area contributed by atoms with E-state index in [1.54, 1.807) is 13.3 Å². The van der Waals surface area contributed by atoms with Crippen LogP contribution in [0.4, 0.5) is 0 Å². The second-order valence-corrected chi connectivity index (χ2v) is 7.38. The number of halogens is 1. The molecule has 1 amide bonds. The molecule has 144 valence electrons. The van der Waals surface area contributed by atoms with E-state index >= 15 is 0 Å². The van der Waals surface area contributed by atoms with Gasteiger partial charge >= 0.3 is 0 Å². The van der Waals surface area contributed by atoms with Gasteiger partial charge in [0, 0.05) is 16.9 Å². The first-order chi connectivity index (χ1) is 13.7. The summed E-state index contributed by atoms with van der Waals surface area (Å²) in [5.74, 6) is 0.735. The number of hydrogen-bond acceptors (Lipinski definition) is 3. The summed E-state index contributed by atoms with van der Waals surface area (Å²) < 4.78 is 7.11. The van der Waals surface area contributed by atoms with Crippen LogP contribution >= 0.6 is 11.6 Å². The maximum atomic E-state index is 13.2. The van der Waals surface area contributed by atoms with Crippen LogP contribution in [0.5, 0.6) is 5.75 Å². The molecule has 0 saturated carbocycles. The van der Waals surface area contributed by atoms with Gasteiger partial charge in [-0.2, -0.15) is 5.10 Å². The summed E-state index contributed by atoms with van der Waals surface area (Å²) in [6, 6.07) is 16.7. The molecule has 1 aliphatic heterocycles. The lowest BCUT2D eigenvalue weighted by molar-refractivity contribution is -0.125. The summed E-state index contributed by atoms with van der Waals surface area (Å²) in [7, 11) is 1.63. The third-order valence-electron chi connectivity index (χ3n) is 5.18. The van der Waals surface area contributed by atoms with Crippen molar-refractivity contribution < 1.29 is 9.53 Å². The van der Waals surface area contributed by atoms with Crippen molar-refractivity contribution in [2.24, 2.45) is 0 Å². The van der Waals surface area contributed by atoms with E-state index in [0.717, 1.165) is 41.8 Å². The molecular weight excluding hydrogens is 374 g/mol. The number of ether oxygens (including phenoxy) is 1. The summed E-state index contributed by atoms with van der Waals surface area (Å²) in [4.78, 5) is 13.2. The highest BCUT2D eigenvalue weighted by Crippen LogP contribution is 2.29. The number of amides is 1. The second kappa shape index (κ2) is 8.07. The van der Waals surface area contributed by atoms with Crippen LogP contribution in [0.15, 0.2) is 60.8 Å². The van der Waals surface area contributed by atoms with Crippen LogP contribution in [0, 0.1) is 0 Å². The number of aryl methyl sites for hydroxylation is 1. The Balaban J connectivity index is 1.65. The predicted molar refractivity (Wildman–Crippen MR) is 109 cm³/mol. The van der Waals surface area contributed by atoms with Gasteiger partial charge in [0.2, 0.25) is 5.91 Å². The van der Waals surface area contributed by atoms with Crippen LogP contribution in [0.2, 0.25) is 5.02 Å². The number of rotatable bonds is 5. The lowest BCUT2D eigenvalue weighted by atomic mass is 9.97. The molecule has 1 aliphatic rings. The quantitative estimate of drug-likeness (QED) is 0.699. The zero-order chi connectivity index (χ0) is 19.5. The SMILES string of the molecule is COc1ccc(C(NC(=O)C2CCCc3ccnn32)c2cccc(Cl)c2)cc1. The van der Waals surface area contributed by atoms with Gasteiger partial charge in [-0.1, -0.05) is 35.9 Å². The van der Waals surface area contributed by atoms with Crippen molar-refractivity contribution in [1.82, 2.24) is 15.1 Å². The molecule has 3 aromatic rings. The number of nitrogens with zero attached hydrogens (tertiary/aromatic N) is 2. The van der Waals surface area contributed by atoms with Crippen molar-refractivity contribution in [1.29, 1.82) is 0 Å². The van der Waals surface area contributed by atoms with Crippen molar-refractivity contribution in [2.75, 3.05) is 7.11 Å². The Morgan fingerprint density at radius 1 is 1.21 bits per heavy atom. The lowest BCUT2D eigenvalue weighted by Crippen LogP contribution is -2.38. The first-order valence-corrected chi connectivity index (χ1v) is 9.75. The van der Waals surface area contributed by atoms with E-state index in [1.165, 1.54) is 0 Å². The average molecular weight is 396 g/mol. The lowest BCUT2D eigenvalue weighted by Gasteiger charge is -2.27. The summed E-state index contributed by atoms with van der Waals surface area (Å²) in [5.41, 5.74) is 3.01. The molecule has 1 N–H and O–H groups in total. The standard InChI is InChI=1S/C22H22ClN3O2/c1-28-19-10-8-15(9-11-19)21(16-4-2-5-17(23)14-16)25-22(27)20-7-3-6-18-12-13-24-26(18)20/h2,4-5,8-14,20-21H,3,6-7H2,1H3,(H,25,27). The first kappa shape index (κ1) is 18.6. The zero-order valence-corrected chi connectivity index (χ0v) is 16.4. The van der Waals surface area contributed by atoms with E-state index in [2.05, 4.69) is 10.4 Å². The maximum Gasteiger partial charge on any atom is 0.245 e. The van der Waals surface area contributed by atoms with Gasteiger partial charge in [0.15, 0.2) is 0 Å². The first-order valence-electron chi connectivity index (χ1n) is 9.38. The Bertz CT molecular complexity index is 968. The van der Waals surface area contributed by atoms with Gasteiger partial charge in [0.05, 0.1) is 13.2 Å². The van der Waals surface area contributed by atoms with Crippen LogP contribution in [-0.4, -0.2) is 22.8 Å². The molecule has 0 spiro atoms. The number of fused-ring (bicyclic) bond motifs is 1. The molecule has 0 fully saturated rings. The third-order valence-corrected chi connectivity index (χ3v) is 5.41. The number of methoxy groups -OCH3 is 1. The van der Waals surface area contributed by atoms with Gasteiger partial charge < -0.3 is 10.1 Å². The Hall–Kier alpha value is -2.79. The molecule has 0 bridgehead atoms. The molecule has 2 heterocycles. The Labute approximate surface area is 169 Å². The largest absolute Gasteiger partial charge is 0.497 e. The molecule has 0 aliphatic carbocycles. The van der Waals surface area contributed by atoms with Crippen LogP contribution in [0.25, 0.3) is 0 Å². The van der Waals surface area contributed by atoms with Crippen LogP contribution < -0.4 is 10.1 Å². The molecule has 2 atom stereocenters. The van der Waals surface area contributed by atoms with Gasteiger partial charge in [-0.15, -0.1) is 0 Å². The van der Waals surface area contributed by atoms with Crippen LogP contribution in [0.3, 0.4) is 0 Å². The van der Waals surface area contributed by atoms with E-state index < -0.39 is 0 Å². The summed E-state index contributed by atoms with van der Waals surface area (Å²) >= 11 is 6.21. The van der Waals surface area contributed by atoms with E-state index in [0.29, 0.717) is 5.02 Å². The number of carbonyl (C=O) groups excluding carboxylic acids is 1. The second-order valence-electron chi connectivity index (χ2n) is 6.94. The molecule has 2 aromatic carbocycles. The molecule has 4 rings (SSSR count). The molecule has 0 saturated heterocycles. The van der Waals surface area contributed by atoms with Crippen molar-refractivity contribution in [3.05, 3.63) is 82.6 Å². The van der Waals surface area contributed by atoms with Gasteiger partial charge in [-0.25, -0.2) is 0 Å². The minimum Gasteiger partial charge on any atom is -0.497 e. The fourth-order valence-corrected chi connectivity index (χ4v) is 3.94. The summed E-state index contributed by atoms with van der Waals surface area (Å²) in [6.45, 7) is 0. The van der Waals surface area contributed by atoms with E-state index in [4.69, 9.17) is 16.3 Å². The topological polar surface area (TPSA) is 56.1 Å². The summed E-state index contributed by atoms with van der Waals surface area (Å²) in [5, 5.41) is 8.22. The third kappa shape index (κ3) is 3.76. The Kier molecular flexibility index (Phi) is 5.35. The fourth-order valence-electron chi connectivity index (χ4n) is 3.74. The smallest absolute Gasteiger partial charge is 0.245 e. The molecule has 0 radical (unpaired) electrons. The minimum absolute atomic E-state index is 0.0366. The normalized spacial score (nSPS) is 16.9. The predicted octanol–water partition coefficient (Wildman–Crippen LogP) is 4.33. The number of nitrogens with one attached hydrogen (secondary N) is 1. The minimum atomic E-state index is -0.307. The highest BCUT2D eigenvalue weighted by molar-refractivity contribution is 6.30. The maximum absolute atomic E-state index is 13.2. The molecule has 6 heteroatoms. The van der Waals surface area contributed by atoms with Crippen molar-refractivity contribution >= 4 is 17.5 Å². The highest BCUT2D eigenvalue weighted by Gasteiger charge is 2.29.